The number of nitro benzene ring substituents is 1. The molecule has 1 aromatic carbocycles. The van der Waals surface area contributed by atoms with Gasteiger partial charge in [0.15, 0.2) is 17.2 Å². The molecule has 0 radical (unpaired) electrons. The van der Waals surface area contributed by atoms with Crippen LogP contribution in [-0.2, 0) is 7.05 Å². The number of aliphatic imine (C=N–C) groups is 1. The number of nitro groups is 1. The number of fused-ring (bicyclic) bond motifs is 1. The van der Waals surface area contributed by atoms with Crippen LogP contribution in [0.3, 0.4) is 0 Å². The van der Waals surface area contributed by atoms with E-state index >= 15 is 0 Å². The van der Waals surface area contributed by atoms with E-state index < -0.39 is 4.92 Å². The number of hydrogen-bond donors (Lipinski definition) is 1. The Kier molecular flexibility index (Phi) is 4.83. The molecule has 0 saturated carbocycles. The van der Waals surface area contributed by atoms with Gasteiger partial charge in [-0.05, 0) is 12.5 Å². The number of hydrogen-bond acceptors (Lipinski definition) is 7. The molecule has 3 rings (SSSR count). The smallest absolute Gasteiger partial charge is 0.282 e. The summed E-state index contributed by atoms with van der Waals surface area (Å²) in [5, 5.41) is 18.1. The third kappa shape index (κ3) is 3.34. The molecule has 2 heterocycles. The molecule has 1 aliphatic rings. The fraction of sp³-hybridized carbons (Fsp3) is 0.312. The van der Waals surface area contributed by atoms with E-state index in [1.54, 1.807) is 7.05 Å². The average Bonchev–Trinajstić information content (AvgIpc) is 3.22. The summed E-state index contributed by atoms with van der Waals surface area (Å²) in [6, 6.07) is 2.78. The zero-order chi connectivity index (χ0) is 18.7. The van der Waals surface area contributed by atoms with E-state index in [1.807, 2.05) is 6.92 Å². The molecular weight excluding hydrogens is 342 g/mol. The van der Waals surface area contributed by atoms with Crippen LogP contribution >= 0.6 is 0 Å². The SMILES string of the molecule is CCCNC(=O)c1c(N=Cc2cc3c(cc2[N+](=O)[O-])OCO3)cnn1C. The molecule has 0 unspecified atom stereocenters. The zero-order valence-electron chi connectivity index (χ0n) is 14.3. The van der Waals surface area contributed by atoms with Crippen molar-refractivity contribution in [3.05, 3.63) is 39.7 Å². The molecular formula is C16H17N5O5. The maximum absolute atomic E-state index is 12.3. The van der Waals surface area contributed by atoms with Gasteiger partial charge in [-0.15, -0.1) is 0 Å². The maximum Gasteiger partial charge on any atom is 0.282 e. The Morgan fingerprint density at radius 3 is 2.88 bits per heavy atom. The average molecular weight is 359 g/mol. The summed E-state index contributed by atoms with van der Waals surface area (Å²) in [7, 11) is 1.63. The summed E-state index contributed by atoms with van der Waals surface area (Å²) in [4.78, 5) is 27.3. The van der Waals surface area contributed by atoms with Gasteiger partial charge >= 0.3 is 0 Å². The summed E-state index contributed by atoms with van der Waals surface area (Å²) in [5.74, 6) is 0.415. The summed E-state index contributed by atoms with van der Waals surface area (Å²) < 4.78 is 11.8. The third-order valence-electron chi connectivity index (χ3n) is 3.73. The molecule has 2 aromatic rings. The molecule has 10 nitrogen and oxygen atoms in total. The minimum Gasteiger partial charge on any atom is -0.454 e. The molecule has 136 valence electrons. The molecule has 10 heteroatoms. The van der Waals surface area contributed by atoms with Gasteiger partial charge in [0, 0.05) is 19.8 Å². The van der Waals surface area contributed by atoms with Crippen LogP contribution in [0.2, 0.25) is 0 Å². The fourth-order valence-corrected chi connectivity index (χ4v) is 2.45. The van der Waals surface area contributed by atoms with E-state index in [0.717, 1.165) is 6.42 Å². The van der Waals surface area contributed by atoms with Crippen LogP contribution in [0.4, 0.5) is 11.4 Å². The monoisotopic (exact) mass is 359 g/mol. The number of amides is 1. The van der Waals surface area contributed by atoms with Crippen LogP contribution in [0.1, 0.15) is 29.4 Å². The molecule has 1 aromatic heterocycles. The fourth-order valence-electron chi connectivity index (χ4n) is 2.45. The second-order valence-electron chi connectivity index (χ2n) is 5.54. The third-order valence-corrected chi connectivity index (χ3v) is 3.73. The summed E-state index contributed by atoms with van der Waals surface area (Å²) >= 11 is 0. The van der Waals surface area contributed by atoms with Gasteiger partial charge in [-0.25, -0.2) is 0 Å². The predicted octanol–water partition coefficient (Wildman–Crippen LogP) is 1.95. The number of aromatic nitrogens is 2. The van der Waals surface area contributed by atoms with E-state index in [-0.39, 0.29) is 29.6 Å². The summed E-state index contributed by atoms with van der Waals surface area (Å²) in [6.07, 6.45) is 3.54. The number of ether oxygens (including phenoxy) is 2. The standard InChI is InChI=1S/C16H17N5O5/c1-3-4-17-16(22)15-11(8-19-20(15)2)18-7-10-5-13-14(26-9-25-13)6-12(10)21(23)24/h5-8H,3-4,9H2,1-2H3,(H,17,22). The number of benzene rings is 1. The Morgan fingerprint density at radius 2 is 2.19 bits per heavy atom. The lowest BCUT2D eigenvalue weighted by Gasteiger charge is -2.05. The highest BCUT2D eigenvalue weighted by molar-refractivity contribution is 5.98. The molecule has 0 aliphatic carbocycles. The van der Waals surface area contributed by atoms with E-state index in [0.29, 0.717) is 23.7 Å². The van der Waals surface area contributed by atoms with E-state index in [2.05, 4.69) is 15.4 Å². The Labute approximate surface area is 148 Å². The quantitative estimate of drug-likeness (QED) is 0.478. The van der Waals surface area contributed by atoms with Crippen molar-refractivity contribution >= 4 is 23.5 Å². The summed E-state index contributed by atoms with van der Waals surface area (Å²) in [6.45, 7) is 2.49. The number of carbonyl (C=O) groups is 1. The first-order chi connectivity index (χ1) is 12.5. The topological polar surface area (TPSA) is 121 Å². The Hall–Kier alpha value is -3.43. The van der Waals surface area contributed by atoms with E-state index in [4.69, 9.17) is 9.47 Å². The van der Waals surface area contributed by atoms with Crippen LogP contribution in [0.15, 0.2) is 23.3 Å². The van der Waals surface area contributed by atoms with Crippen molar-refractivity contribution in [1.29, 1.82) is 0 Å². The van der Waals surface area contributed by atoms with Gasteiger partial charge in [0.05, 0.1) is 22.7 Å². The van der Waals surface area contributed by atoms with Gasteiger partial charge in [-0.1, -0.05) is 6.92 Å². The molecule has 1 amide bonds. The lowest BCUT2D eigenvalue weighted by atomic mass is 10.1. The molecule has 0 fully saturated rings. The van der Waals surface area contributed by atoms with Crippen LogP contribution in [0.5, 0.6) is 11.5 Å². The molecule has 1 aliphatic heterocycles. The van der Waals surface area contributed by atoms with Crippen molar-refractivity contribution in [2.45, 2.75) is 13.3 Å². The van der Waals surface area contributed by atoms with Crippen LogP contribution < -0.4 is 14.8 Å². The number of carbonyl (C=O) groups excluding carboxylic acids is 1. The van der Waals surface area contributed by atoms with Gasteiger partial charge in [0.25, 0.3) is 11.6 Å². The minimum atomic E-state index is -0.526. The lowest BCUT2D eigenvalue weighted by molar-refractivity contribution is -0.385. The van der Waals surface area contributed by atoms with Crippen molar-refractivity contribution in [3.63, 3.8) is 0 Å². The summed E-state index contributed by atoms with van der Waals surface area (Å²) in [5.41, 5.74) is 0.660. The van der Waals surface area contributed by atoms with Crippen LogP contribution in [-0.4, -0.2) is 40.2 Å². The second kappa shape index (κ2) is 7.21. The highest BCUT2D eigenvalue weighted by Gasteiger charge is 2.23. The normalized spacial score (nSPS) is 12.5. The van der Waals surface area contributed by atoms with Crippen molar-refractivity contribution in [3.8, 4) is 11.5 Å². The van der Waals surface area contributed by atoms with Crippen molar-refractivity contribution < 1.29 is 19.2 Å². The molecule has 26 heavy (non-hydrogen) atoms. The van der Waals surface area contributed by atoms with Gasteiger partial charge < -0.3 is 14.8 Å². The number of nitrogens with zero attached hydrogens (tertiary/aromatic N) is 4. The molecule has 0 spiro atoms. The van der Waals surface area contributed by atoms with Crippen molar-refractivity contribution in [1.82, 2.24) is 15.1 Å². The van der Waals surface area contributed by atoms with Crippen LogP contribution in [0, 0.1) is 10.1 Å². The van der Waals surface area contributed by atoms with Gasteiger partial charge in [-0.3, -0.25) is 24.6 Å². The first-order valence-electron chi connectivity index (χ1n) is 7.93. The Balaban J connectivity index is 1.94. The lowest BCUT2D eigenvalue weighted by Crippen LogP contribution is -2.26. The zero-order valence-corrected chi connectivity index (χ0v) is 14.3. The first-order valence-corrected chi connectivity index (χ1v) is 7.93. The first kappa shape index (κ1) is 17.4. The minimum absolute atomic E-state index is 0.0113. The second-order valence-corrected chi connectivity index (χ2v) is 5.54. The number of rotatable bonds is 6. The number of aryl methyl sites for hydroxylation is 1. The molecule has 0 atom stereocenters. The molecule has 1 N–H and O–H groups in total. The van der Waals surface area contributed by atoms with E-state index in [9.17, 15) is 14.9 Å². The van der Waals surface area contributed by atoms with Gasteiger partial charge in [-0.2, -0.15) is 5.10 Å². The van der Waals surface area contributed by atoms with E-state index in [1.165, 1.54) is 29.2 Å². The molecule has 0 saturated heterocycles. The predicted molar refractivity (Wildman–Crippen MR) is 92.3 cm³/mol. The Bertz CT molecular complexity index is 889. The molecule has 0 bridgehead atoms. The van der Waals surface area contributed by atoms with Crippen molar-refractivity contribution in [2.24, 2.45) is 12.0 Å². The van der Waals surface area contributed by atoms with Crippen LogP contribution in [0.25, 0.3) is 0 Å². The van der Waals surface area contributed by atoms with Gasteiger partial charge in [0.1, 0.15) is 5.69 Å². The maximum atomic E-state index is 12.3. The number of nitrogens with one attached hydrogen (secondary N) is 1. The largest absolute Gasteiger partial charge is 0.454 e. The highest BCUT2D eigenvalue weighted by atomic mass is 16.7. The van der Waals surface area contributed by atoms with Crippen molar-refractivity contribution in [2.75, 3.05) is 13.3 Å². The van der Waals surface area contributed by atoms with Gasteiger partial charge in [0.2, 0.25) is 6.79 Å². The Morgan fingerprint density at radius 1 is 1.46 bits per heavy atom. The highest BCUT2D eigenvalue weighted by Crippen LogP contribution is 2.37.